The Morgan fingerprint density at radius 1 is 0.347 bits per heavy atom. The number of hydrogen-bond acceptors (Lipinski definition) is 17. The van der Waals surface area contributed by atoms with Gasteiger partial charge in [-0.15, -0.1) is 90.7 Å². The highest BCUT2D eigenvalue weighted by molar-refractivity contribution is 7.35. The second-order valence-corrected chi connectivity index (χ2v) is 34.8. The average Bonchev–Trinajstić information content (AvgIpc) is 1.57. The molecule has 0 bridgehead atoms. The Kier molecular flexibility index (Phi) is 27.9. The van der Waals surface area contributed by atoms with E-state index in [0.29, 0.717) is 62.7 Å². The van der Waals surface area contributed by atoms with Crippen LogP contribution in [0, 0.1) is 13.8 Å². The van der Waals surface area contributed by atoms with Crippen LogP contribution in [0.25, 0.3) is 89.8 Å². The quantitative estimate of drug-likeness (QED) is 0.0210. The van der Waals surface area contributed by atoms with Crippen molar-refractivity contribution < 1.29 is 42.8 Å². The Morgan fingerprint density at radius 2 is 0.755 bits per heavy atom. The third-order valence-electron chi connectivity index (χ3n) is 18.2. The molecule has 0 N–H and O–H groups in total. The number of esters is 2. The number of unbranched alkanes of at least 4 members (excludes halogenated alkanes) is 21. The zero-order chi connectivity index (χ0) is 68.3. The molecule has 0 saturated heterocycles. The van der Waals surface area contributed by atoms with Crippen LogP contribution in [0.5, 0.6) is 23.0 Å². The molecule has 0 spiro atoms. The van der Waals surface area contributed by atoms with Crippen LogP contribution in [-0.4, -0.2) is 57.4 Å². The van der Waals surface area contributed by atoms with Gasteiger partial charge in [0.25, 0.3) is 0 Å². The monoisotopic (exact) mass is 1470 g/mol. The van der Waals surface area contributed by atoms with Gasteiger partial charge in [0.05, 0.1) is 87.3 Å². The normalized spacial score (nSPS) is 11.9. The van der Waals surface area contributed by atoms with Gasteiger partial charge < -0.3 is 28.4 Å². The summed E-state index contributed by atoms with van der Waals surface area (Å²) >= 11 is 13.8. The van der Waals surface area contributed by atoms with Gasteiger partial charge in [0, 0.05) is 68.7 Å². The van der Waals surface area contributed by atoms with E-state index in [4.69, 9.17) is 28.4 Å². The van der Waals surface area contributed by atoms with E-state index in [2.05, 4.69) is 71.9 Å². The van der Waals surface area contributed by atoms with Gasteiger partial charge in [-0.05, 0) is 95.7 Å². The maximum Gasteiger partial charge on any atom is 0.348 e. The molecule has 98 heavy (non-hydrogen) atoms. The van der Waals surface area contributed by atoms with E-state index < -0.39 is 0 Å². The minimum atomic E-state index is -0.341. The molecule has 0 atom stereocenters. The summed E-state index contributed by atoms with van der Waals surface area (Å²) in [7, 11) is 0. The fourth-order valence-electron chi connectivity index (χ4n) is 13.0. The lowest BCUT2D eigenvalue weighted by Crippen LogP contribution is -2.07. The molecule has 0 amide bonds. The van der Waals surface area contributed by atoms with Gasteiger partial charge >= 0.3 is 11.9 Å². The Morgan fingerprint density at radius 3 is 1.24 bits per heavy atom. The van der Waals surface area contributed by atoms with Gasteiger partial charge in [-0.3, -0.25) is 9.59 Å². The molecule has 8 aromatic heterocycles. The summed E-state index contributed by atoms with van der Waals surface area (Å²) in [5.41, 5.74) is 0.677. The molecule has 3 aromatic carbocycles. The average molecular weight is 1470 g/mol. The van der Waals surface area contributed by atoms with Crippen molar-refractivity contribution in [3.8, 4) is 52.3 Å². The van der Waals surface area contributed by atoms with Crippen LogP contribution in [0.2, 0.25) is 0 Å². The topological polar surface area (TPSA) is 107 Å². The van der Waals surface area contributed by atoms with Gasteiger partial charge in [0.2, 0.25) is 5.78 Å². The summed E-state index contributed by atoms with van der Waals surface area (Å²) in [5.74, 6) is 3.15. The van der Waals surface area contributed by atoms with E-state index in [0.717, 1.165) is 174 Å². The molecule has 8 heterocycles. The Hall–Kier alpha value is -5.37. The van der Waals surface area contributed by atoms with Crippen molar-refractivity contribution in [1.29, 1.82) is 0 Å². The third kappa shape index (κ3) is 17.9. The van der Waals surface area contributed by atoms with Crippen molar-refractivity contribution in [2.45, 2.75) is 222 Å². The molecule has 0 radical (unpaired) electrons. The zero-order valence-electron chi connectivity index (χ0n) is 58.6. The van der Waals surface area contributed by atoms with Gasteiger partial charge in [0.1, 0.15) is 27.9 Å². The number of hydrogen-bond donors (Lipinski definition) is 0. The van der Waals surface area contributed by atoms with E-state index in [1.54, 1.807) is 74.9 Å². The van der Waals surface area contributed by atoms with Crippen molar-refractivity contribution in [3.05, 3.63) is 91.8 Å². The van der Waals surface area contributed by atoms with Crippen molar-refractivity contribution in [2.75, 3.05) is 39.6 Å². The standard InChI is InChI=1S/C81H98O9S8/c1-8-13-17-21-25-33-41-86-68-56-46-52(6)91-73(56)69(87-42-34-26-22-18-14-9-2)58-50-64(96-74(58)68)80-78-60(51-61(93-78)67(83)54-38-30-29-31-39-54)72(98-80)62-48-57-70(88-43-35-27-23-19-15-10-3)76-59(71(75(57)94-62)89-44-36-28-24-20-16-11-4)49-63(95-76)79-77-55(53(7)92-79)47-65(97-77)81(84)90-45-37-32-40-66(82)85-12-5/h29-31,38-39,46-51H,8-28,32-37,40-45H2,1-7H3. The van der Waals surface area contributed by atoms with Gasteiger partial charge in [-0.2, -0.15) is 0 Å². The van der Waals surface area contributed by atoms with Crippen molar-refractivity contribution in [2.24, 2.45) is 0 Å². The molecule has 524 valence electrons. The number of ether oxygens (including phenoxy) is 6. The summed E-state index contributed by atoms with van der Waals surface area (Å²) < 4.78 is 46.1. The molecular formula is C81H98O9S8. The lowest BCUT2D eigenvalue weighted by Gasteiger charge is -2.14. The number of aryl methyl sites for hydroxylation is 2. The number of carbonyl (C=O) groups is 3. The first-order valence-corrected chi connectivity index (χ1v) is 43.1. The minimum absolute atomic E-state index is 0.0240. The maximum atomic E-state index is 14.8. The van der Waals surface area contributed by atoms with E-state index >= 15 is 0 Å². The number of thiophene rings is 8. The molecular weight excluding hydrogens is 1370 g/mol. The summed E-state index contributed by atoms with van der Waals surface area (Å²) in [4.78, 5) is 50.8. The second kappa shape index (κ2) is 37.0. The number of rotatable bonds is 44. The lowest BCUT2D eigenvalue weighted by molar-refractivity contribution is -0.143. The second-order valence-electron chi connectivity index (χ2n) is 26.0. The van der Waals surface area contributed by atoms with Crippen LogP contribution >= 0.6 is 90.7 Å². The maximum absolute atomic E-state index is 14.8. The molecule has 0 saturated carbocycles. The zero-order valence-corrected chi connectivity index (χ0v) is 65.2. The van der Waals surface area contributed by atoms with Gasteiger partial charge in [-0.1, -0.05) is 186 Å². The van der Waals surface area contributed by atoms with Crippen LogP contribution in [0.4, 0.5) is 0 Å². The molecule has 11 aromatic rings. The van der Waals surface area contributed by atoms with E-state index in [1.165, 1.54) is 119 Å². The largest absolute Gasteiger partial charge is 0.491 e. The summed E-state index contributed by atoms with van der Waals surface area (Å²) in [6.07, 6.45) is 29.6. The predicted molar refractivity (Wildman–Crippen MR) is 426 cm³/mol. The molecule has 0 fully saturated rings. The fourth-order valence-corrected chi connectivity index (χ4v) is 22.9. The highest BCUT2D eigenvalue weighted by Crippen LogP contribution is 2.59. The van der Waals surface area contributed by atoms with Crippen molar-refractivity contribution in [1.82, 2.24) is 0 Å². The van der Waals surface area contributed by atoms with Crippen LogP contribution < -0.4 is 18.9 Å². The first-order valence-electron chi connectivity index (χ1n) is 36.6. The smallest absolute Gasteiger partial charge is 0.348 e. The van der Waals surface area contributed by atoms with Crippen molar-refractivity contribution >= 4 is 169 Å². The van der Waals surface area contributed by atoms with E-state index in [9.17, 15) is 14.4 Å². The number of carbonyl (C=O) groups excluding carboxylic acids is 3. The molecule has 17 heteroatoms. The minimum Gasteiger partial charge on any atom is -0.491 e. The molecule has 0 aliphatic heterocycles. The summed E-state index contributed by atoms with van der Waals surface area (Å²) in [6.45, 7) is 18.3. The summed E-state index contributed by atoms with van der Waals surface area (Å²) in [5, 5.41) is 6.46. The van der Waals surface area contributed by atoms with E-state index in [1.807, 2.05) is 47.7 Å². The van der Waals surface area contributed by atoms with Crippen LogP contribution in [0.15, 0.2) is 66.7 Å². The van der Waals surface area contributed by atoms with Gasteiger partial charge in [-0.25, -0.2) is 4.79 Å². The van der Waals surface area contributed by atoms with Crippen molar-refractivity contribution in [3.63, 3.8) is 0 Å². The van der Waals surface area contributed by atoms with Crippen LogP contribution in [-0.2, 0) is 14.3 Å². The predicted octanol–water partition coefficient (Wildman–Crippen LogP) is 27.8. The molecule has 9 nitrogen and oxygen atoms in total. The fraction of sp³-hybridized carbons (Fsp3) is 0.494. The molecule has 11 rings (SSSR count). The first kappa shape index (κ1) is 73.8. The van der Waals surface area contributed by atoms with Gasteiger partial charge in [0.15, 0.2) is 0 Å². The number of fused-ring (bicyclic) bond motifs is 6. The first-order chi connectivity index (χ1) is 48.0. The van der Waals surface area contributed by atoms with E-state index in [-0.39, 0.29) is 24.3 Å². The molecule has 0 aliphatic rings. The summed E-state index contributed by atoms with van der Waals surface area (Å²) in [6, 6.07) is 23.2. The highest BCUT2D eigenvalue weighted by Gasteiger charge is 2.30. The number of benzene rings is 3. The Bertz CT molecular complexity index is 4260. The molecule has 0 aliphatic carbocycles. The lowest BCUT2D eigenvalue weighted by atomic mass is 10.1. The third-order valence-corrected chi connectivity index (χ3v) is 28.1. The number of ketones is 1. The Balaban J connectivity index is 1.04. The highest BCUT2D eigenvalue weighted by atomic mass is 32.1. The van der Waals surface area contributed by atoms with Crippen LogP contribution in [0.3, 0.4) is 0 Å². The SMILES string of the molecule is CCCCCCCCOc1c2cc(-c3sc(-c4cc5c(OCCCCCCCC)c6sc(-c7sc(C)c8cc(C(=O)OCCCCC(=O)OCC)sc78)cc6c(OCCCCCCCC)c5s4)c4cc(C(=O)c5ccccc5)sc34)sc2c(OCCCCCCCC)c2cc(C)sc12. The van der Waals surface area contributed by atoms with Crippen LogP contribution in [0.1, 0.15) is 243 Å². The Labute approximate surface area is 612 Å². The molecule has 0 unspecified atom stereocenters.